The first-order chi connectivity index (χ1) is 9.21. The molecule has 1 N–H and O–H groups in total. The summed E-state index contributed by atoms with van der Waals surface area (Å²) in [6.45, 7) is 0.873. The van der Waals surface area contributed by atoms with Gasteiger partial charge in [-0.3, -0.25) is 0 Å². The smallest absolute Gasteiger partial charge is 0.128 e. The molecule has 0 saturated heterocycles. The van der Waals surface area contributed by atoms with Crippen LogP contribution in [0.15, 0.2) is 18.2 Å². The Kier molecular flexibility index (Phi) is 3.81. The van der Waals surface area contributed by atoms with Gasteiger partial charge in [-0.1, -0.05) is 36.9 Å². The Balaban J connectivity index is 1.92. The van der Waals surface area contributed by atoms with Gasteiger partial charge in [-0.2, -0.15) is 0 Å². The third-order valence-electron chi connectivity index (χ3n) is 4.61. The Morgan fingerprint density at radius 2 is 1.95 bits per heavy atom. The highest BCUT2D eigenvalue weighted by atomic mass is 35.5. The van der Waals surface area contributed by atoms with Crippen LogP contribution in [0.3, 0.4) is 0 Å². The molecule has 0 bridgehead atoms. The first-order valence-corrected chi connectivity index (χ1v) is 7.77. The van der Waals surface area contributed by atoms with Crippen LogP contribution in [-0.4, -0.2) is 12.6 Å². The van der Waals surface area contributed by atoms with E-state index in [-0.39, 0.29) is 11.2 Å². The molecular formula is C16H21ClFN. The number of benzene rings is 1. The first-order valence-electron chi connectivity index (χ1n) is 7.39. The van der Waals surface area contributed by atoms with Gasteiger partial charge in [0.25, 0.3) is 0 Å². The van der Waals surface area contributed by atoms with E-state index in [1.165, 1.54) is 32.1 Å². The Hall–Kier alpha value is -0.600. The molecule has 0 radical (unpaired) electrons. The second-order valence-corrected chi connectivity index (χ2v) is 6.50. The molecule has 0 spiro atoms. The molecule has 2 fully saturated rings. The SMILES string of the molecule is Fc1cccc(Cl)c1C1(CNC2CC2)CCCCC1. The summed E-state index contributed by atoms with van der Waals surface area (Å²) in [4.78, 5) is 0. The largest absolute Gasteiger partial charge is 0.313 e. The van der Waals surface area contributed by atoms with E-state index >= 15 is 0 Å². The number of hydrogen-bond acceptors (Lipinski definition) is 1. The van der Waals surface area contributed by atoms with E-state index in [1.807, 2.05) is 6.07 Å². The highest BCUT2D eigenvalue weighted by Gasteiger charge is 2.38. The average molecular weight is 282 g/mol. The molecule has 0 amide bonds. The topological polar surface area (TPSA) is 12.0 Å². The van der Waals surface area contributed by atoms with Crippen molar-refractivity contribution in [3.05, 3.63) is 34.6 Å². The van der Waals surface area contributed by atoms with E-state index in [2.05, 4.69) is 5.32 Å². The molecule has 2 saturated carbocycles. The Morgan fingerprint density at radius 1 is 1.21 bits per heavy atom. The van der Waals surface area contributed by atoms with Crippen LogP contribution in [0.5, 0.6) is 0 Å². The van der Waals surface area contributed by atoms with Gasteiger partial charge in [0, 0.05) is 28.6 Å². The van der Waals surface area contributed by atoms with Gasteiger partial charge < -0.3 is 5.32 Å². The third-order valence-corrected chi connectivity index (χ3v) is 4.93. The zero-order chi connectivity index (χ0) is 13.3. The van der Waals surface area contributed by atoms with Crippen LogP contribution in [0, 0.1) is 5.82 Å². The monoisotopic (exact) mass is 281 g/mol. The maximum Gasteiger partial charge on any atom is 0.128 e. The van der Waals surface area contributed by atoms with Gasteiger partial charge in [-0.25, -0.2) is 4.39 Å². The fraction of sp³-hybridized carbons (Fsp3) is 0.625. The van der Waals surface area contributed by atoms with Gasteiger partial charge in [0.15, 0.2) is 0 Å². The lowest BCUT2D eigenvalue weighted by molar-refractivity contribution is 0.271. The minimum atomic E-state index is -0.132. The summed E-state index contributed by atoms with van der Waals surface area (Å²) in [5, 5.41) is 4.19. The maximum atomic E-state index is 14.3. The number of nitrogens with one attached hydrogen (secondary N) is 1. The van der Waals surface area contributed by atoms with Crippen LogP contribution < -0.4 is 5.32 Å². The normalized spacial score (nSPS) is 22.4. The average Bonchev–Trinajstić information content (AvgIpc) is 3.21. The predicted octanol–water partition coefficient (Wildman–Crippen LogP) is 4.43. The zero-order valence-electron chi connectivity index (χ0n) is 11.2. The van der Waals surface area contributed by atoms with Crippen LogP contribution in [0.2, 0.25) is 5.02 Å². The van der Waals surface area contributed by atoms with E-state index in [9.17, 15) is 4.39 Å². The lowest BCUT2D eigenvalue weighted by Gasteiger charge is -2.39. The van der Waals surface area contributed by atoms with Crippen LogP contribution in [0.1, 0.15) is 50.5 Å². The molecule has 19 heavy (non-hydrogen) atoms. The van der Waals surface area contributed by atoms with Gasteiger partial charge in [0.2, 0.25) is 0 Å². The van der Waals surface area contributed by atoms with Crippen molar-refractivity contribution in [2.45, 2.75) is 56.4 Å². The molecular weight excluding hydrogens is 261 g/mol. The van der Waals surface area contributed by atoms with Crippen molar-refractivity contribution in [2.24, 2.45) is 0 Å². The quantitative estimate of drug-likeness (QED) is 0.861. The molecule has 3 heteroatoms. The Bertz CT molecular complexity index is 430. The van der Waals surface area contributed by atoms with Crippen LogP contribution in [0.4, 0.5) is 4.39 Å². The van der Waals surface area contributed by atoms with E-state index in [1.54, 1.807) is 12.1 Å². The summed E-state index contributed by atoms with van der Waals surface area (Å²) in [6, 6.07) is 5.73. The summed E-state index contributed by atoms with van der Waals surface area (Å²) in [5.74, 6) is -0.132. The highest BCUT2D eigenvalue weighted by Crippen LogP contribution is 2.43. The van der Waals surface area contributed by atoms with Crippen molar-refractivity contribution >= 4 is 11.6 Å². The maximum absolute atomic E-state index is 14.3. The second-order valence-electron chi connectivity index (χ2n) is 6.09. The van der Waals surface area contributed by atoms with Crippen molar-refractivity contribution < 1.29 is 4.39 Å². The fourth-order valence-electron chi connectivity index (χ4n) is 3.38. The molecule has 3 rings (SSSR count). The molecule has 0 heterocycles. The lowest BCUT2D eigenvalue weighted by atomic mass is 9.69. The number of hydrogen-bond donors (Lipinski definition) is 1. The molecule has 2 aliphatic carbocycles. The minimum Gasteiger partial charge on any atom is -0.313 e. The fourth-order valence-corrected chi connectivity index (χ4v) is 3.74. The van der Waals surface area contributed by atoms with E-state index in [0.717, 1.165) is 24.9 Å². The van der Waals surface area contributed by atoms with Gasteiger partial charge in [0.1, 0.15) is 5.82 Å². The predicted molar refractivity (Wildman–Crippen MR) is 77.2 cm³/mol. The lowest BCUT2D eigenvalue weighted by Crippen LogP contribution is -2.41. The van der Waals surface area contributed by atoms with Crippen LogP contribution >= 0.6 is 11.6 Å². The van der Waals surface area contributed by atoms with Crippen LogP contribution in [-0.2, 0) is 5.41 Å². The zero-order valence-corrected chi connectivity index (χ0v) is 12.0. The number of halogens is 2. The molecule has 0 atom stereocenters. The summed E-state index contributed by atoms with van der Waals surface area (Å²) in [7, 11) is 0. The standard InChI is InChI=1S/C16H21ClFN/c17-13-5-4-6-14(18)15(13)16(9-2-1-3-10-16)11-19-12-7-8-12/h4-6,12,19H,1-3,7-11H2. The number of rotatable bonds is 4. The van der Waals surface area contributed by atoms with Gasteiger partial charge in [-0.05, 0) is 37.8 Å². The molecule has 1 aromatic rings. The Morgan fingerprint density at radius 3 is 2.58 bits per heavy atom. The van der Waals surface area contributed by atoms with Crippen molar-refractivity contribution in [2.75, 3.05) is 6.54 Å². The van der Waals surface area contributed by atoms with Gasteiger partial charge in [0.05, 0.1) is 0 Å². The van der Waals surface area contributed by atoms with Crippen molar-refractivity contribution in [3.63, 3.8) is 0 Å². The minimum absolute atomic E-state index is 0.0940. The summed E-state index contributed by atoms with van der Waals surface area (Å²) in [5.41, 5.74) is 0.660. The van der Waals surface area contributed by atoms with E-state index in [0.29, 0.717) is 11.1 Å². The molecule has 1 nitrogen and oxygen atoms in total. The molecule has 0 aliphatic heterocycles. The van der Waals surface area contributed by atoms with Crippen molar-refractivity contribution in [3.8, 4) is 0 Å². The summed E-state index contributed by atoms with van der Waals surface area (Å²) >= 11 is 6.32. The molecule has 1 aromatic carbocycles. The van der Waals surface area contributed by atoms with Gasteiger partial charge >= 0.3 is 0 Å². The van der Waals surface area contributed by atoms with E-state index in [4.69, 9.17) is 11.6 Å². The second kappa shape index (κ2) is 5.41. The Labute approximate surface area is 119 Å². The molecule has 0 aromatic heterocycles. The molecule has 104 valence electrons. The first kappa shape index (κ1) is 13.4. The summed E-state index contributed by atoms with van der Waals surface area (Å²) < 4.78 is 14.3. The van der Waals surface area contributed by atoms with Gasteiger partial charge in [-0.15, -0.1) is 0 Å². The molecule has 0 unspecified atom stereocenters. The van der Waals surface area contributed by atoms with Crippen molar-refractivity contribution in [1.82, 2.24) is 5.32 Å². The molecule has 2 aliphatic rings. The van der Waals surface area contributed by atoms with Crippen molar-refractivity contribution in [1.29, 1.82) is 0 Å². The third kappa shape index (κ3) is 2.80. The summed E-state index contributed by atoms with van der Waals surface area (Å²) in [6.07, 6.45) is 8.24. The van der Waals surface area contributed by atoms with E-state index < -0.39 is 0 Å². The van der Waals surface area contributed by atoms with Crippen LogP contribution in [0.25, 0.3) is 0 Å². The highest BCUT2D eigenvalue weighted by molar-refractivity contribution is 6.31.